The number of carbonyl (C=O) groups excluding carboxylic acids is 2. The van der Waals surface area contributed by atoms with Crippen molar-refractivity contribution in [2.24, 2.45) is 0 Å². The normalized spacial score (nSPS) is 10.5. The maximum atomic E-state index is 11.0. The van der Waals surface area contributed by atoms with E-state index in [-0.39, 0.29) is 19.6 Å². The number of rotatable bonds is 5. The Morgan fingerprint density at radius 3 is 2.47 bits per heavy atom. The highest BCUT2D eigenvalue weighted by molar-refractivity contribution is 7.85. The second-order valence-corrected chi connectivity index (χ2v) is 4.44. The van der Waals surface area contributed by atoms with Crippen LogP contribution >= 0.6 is 0 Å². The van der Waals surface area contributed by atoms with Gasteiger partial charge in [-0.15, -0.1) is 0 Å². The maximum absolute atomic E-state index is 11.0. The van der Waals surface area contributed by atoms with Crippen molar-refractivity contribution in [3.63, 3.8) is 0 Å². The van der Waals surface area contributed by atoms with Crippen LogP contribution in [0.4, 0.5) is 9.59 Å². The van der Waals surface area contributed by atoms with Crippen molar-refractivity contribution < 1.29 is 27.3 Å². The minimum absolute atomic E-state index is 0.0378. The zero-order valence-corrected chi connectivity index (χ0v) is 10.0. The van der Waals surface area contributed by atoms with E-state index in [0.717, 1.165) is 0 Å². The molecule has 0 bridgehead atoms. The first-order valence-corrected chi connectivity index (χ1v) is 6.38. The molecule has 0 heterocycles. The summed E-state index contributed by atoms with van der Waals surface area (Å²) in [6.45, 7) is 1.81. The van der Waals surface area contributed by atoms with Gasteiger partial charge in [-0.25, -0.2) is 20.4 Å². The van der Waals surface area contributed by atoms with Crippen LogP contribution in [0.3, 0.4) is 0 Å². The molecule has 9 nitrogen and oxygen atoms in total. The number of carbonyl (C=O) groups is 2. The standard InChI is InChI=1S/C7H15N3O6S/c1-2-16-7(12)10-9-6(11)8-4-3-5-17(13,14)15/h2-5H2,1H3,(H,10,12)(H2,8,9,11)(H,13,14,15). The molecular weight excluding hydrogens is 254 g/mol. The van der Waals surface area contributed by atoms with E-state index in [1.165, 1.54) is 0 Å². The zero-order chi connectivity index (χ0) is 13.3. The monoisotopic (exact) mass is 269 g/mol. The fourth-order valence-electron chi connectivity index (χ4n) is 0.776. The van der Waals surface area contributed by atoms with Gasteiger partial charge in [0.2, 0.25) is 0 Å². The van der Waals surface area contributed by atoms with Gasteiger partial charge in [-0.05, 0) is 13.3 Å². The Morgan fingerprint density at radius 2 is 1.94 bits per heavy atom. The molecular formula is C7H15N3O6S. The van der Waals surface area contributed by atoms with Crippen LogP contribution in [0.25, 0.3) is 0 Å². The van der Waals surface area contributed by atoms with Gasteiger partial charge in [0.15, 0.2) is 0 Å². The number of urea groups is 1. The average molecular weight is 269 g/mol. The molecule has 0 unspecified atom stereocenters. The Balaban J connectivity index is 3.57. The van der Waals surface area contributed by atoms with Crippen molar-refractivity contribution >= 4 is 22.2 Å². The van der Waals surface area contributed by atoms with E-state index in [9.17, 15) is 18.0 Å². The van der Waals surface area contributed by atoms with E-state index in [1.807, 2.05) is 10.9 Å². The molecule has 0 radical (unpaired) electrons. The summed E-state index contributed by atoms with van der Waals surface area (Å²) in [6.07, 6.45) is -0.744. The van der Waals surface area contributed by atoms with Crippen molar-refractivity contribution in [3.8, 4) is 0 Å². The van der Waals surface area contributed by atoms with Crippen LogP contribution in [0.5, 0.6) is 0 Å². The predicted molar refractivity (Wildman–Crippen MR) is 57.7 cm³/mol. The highest BCUT2D eigenvalue weighted by Gasteiger charge is 2.06. The lowest BCUT2D eigenvalue weighted by atomic mass is 10.5. The summed E-state index contributed by atoms with van der Waals surface area (Å²) in [5.74, 6) is -0.446. The lowest BCUT2D eigenvalue weighted by Gasteiger charge is -2.08. The van der Waals surface area contributed by atoms with E-state index < -0.39 is 28.0 Å². The molecule has 0 atom stereocenters. The van der Waals surface area contributed by atoms with Gasteiger partial charge in [-0.2, -0.15) is 8.42 Å². The first-order chi connectivity index (χ1) is 7.85. The number of hydrogen-bond donors (Lipinski definition) is 4. The summed E-state index contributed by atoms with van der Waals surface area (Å²) < 4.78 is 33.5. The minimum atomic E-state index is -4.02. The SMILES string of the molecule is CCOC(=O)NNC(=O)NCCCS(=O)(=O)O. The molecule has 0 aliphatic carbocycles. The molecule has 0 aromatic rings. The molecule has 0 rings (SSSR count). The van der Waals surface area contributed by atoms with E-state index in [4.69, 9.17) is 4.55 Å². The largest absolute Gasteiger partial charge is 0.449 e. The van der Waals surface area contributed by atoms with Crippen molar-refractivity contribution in [2.45, 2.75) is 13.3 Å². The molecule has 4 N–H and O–H groups in total. The molecule has 3 amide bonds. The first-order valence-electron chi connectivity index (χ1n) is 4.77. The minimum Gasteiger partial charge on any atom is -0.449 e. The molecule has 100 valence electrons. The average Bonchev–Trinajstić information content (AvgIpc) is 2.21. The van der Waals surface area contributed by atoms with Crippen LogP contribution in [0.1, 0.15) is 13.3 Å². The summed E-state index contributed by atoms with van der Waals surface area (Å²) >= 11 is 0. The molecule has 0 aromatic heterocycles. The lowest BCUT2D eigenvalue weighted by molar-refractivity contribution is 0.147. The van der Waals surface area contributed by atoms with Crippen LogP contribution in [0.2, 0.25) is 0 Å². The Hall–Kier alpha value is -1.55. The van der Waals surface area contributed by atoms with Gasteiger partial charge in [0.05, 0.1) is 12.4 Å². The zero-order valence-electron chi connectivity index (χ0n) is 9.23. The number of hydrazine groups is 1. The van der Waals surface area contributed by atoms with E-state index in [2.05, 4.69) is 10.1 Å². The Bertz CT molecular complexity index is 355. The third-order valence-electron chi connectivity index (χ3n) is 1.42. The highest BCUT2D eigenvalue weighted by Crippen LogP contribution is 1.86. The van der Waals surface area contributed by atoms with Crippen LogP contribution in [0.15, 0.2) is 0 Å². The number of ether oxygens (including phenoxy) is 1. The molecule has 0 aromatic carbocycles. The molecule has 0 saturated heterocycles. The fraction of sp³-hybridized carbons (Fsp3) is 0.714. The van der Waals surface area contributed by atoms with Crippen molar-refractivity contribution in [1.82, 2.24) is 16.2 Å². The van der Waals surface area contributed by atoms with E-state index in [0.29, 0.717) is 0 Å². The van der Waals surface area contributed by atoms with Crippen LogP contribution in [0, 0.1) is 0 Å². The van der Waals surface area contributed by atoms with Crippen molar-refractivity contribution in [3.05, 3.63) is 0 Å². The maximum Gasteiger partial charge on any atom is 0.426 e. The summed E-state index contributed by atoms with van der Waals surface area (Å²) in [5.41, 5.74) is 3.93. The van der Waals surface area contributed by atoms with Crippen LogP contribution in [-0.4, -0.2) is 44.0 Å². The lowest BCUT2D eigenvalue weighted by Crippen LogP contribution is -2.47. The van der Waals surface area contributed by atoms with Gasteiger partial charge in [-0.1, -0.05) is 0 Å². The topological polar surface area (TPSA) is 134 Å². The number of hydrogen-bond acceptors (Lipinski definition) is 5. The smallest absolute Gasteiger partial charge is 0.426 e. The molecule has 17 heavy (non-hydrogen) atoms. The van der Waals surface area contributed by atoms with Gasteiger partial charge >= 0.3 is 12.1 Å². The Morgan fingerprint density at radius 1 is 1.29 bits per heavy atom. The Labute approximate surface area is 98.6 Å². The van der Waals surface area contributed by atoms with Gasteiger partial charge in [0.1, 0.15) is 0 Å². The van der Waals surface area contributed by atoms with Crippen LogP contribution in [-0.2, 0) is 14.9 Å². The molecule has 0 fully saturated rings. The second kappa shape index (κ2) is 7.68. The summed E-state index contributed by atoms with van der Waals surface area (Å²) in [6, 6.07) is -0.714. The molecule has 0 aliphatic rings. The van der Waals surface area contributed by atoms with E-state index in [1.54, 1.807) is 6.92 Å². The third-order valence-corrected chi connectivity index (χ3v) is 2.22. The number of amides is 3. The Kier molecular flexibility index (Phi) is 6.98. The quantitative estimate of drug-likeness (QED) is 0.294. The van der Waals surface area contributed by atoms with Crippen molar-refractivity contribution in [2.75, 3.05) is 18.9 Å². The summed E-state index contributed by atoms with van der Waals surface area (Å²) in [5, 5.41) is 2.26. The van der Waals surface area contributed by atoms with Gasteiger partial charge in [0.25, 0.3) is 10.1 Å². The highest BCUT2D eigenvalue weighted by atomic mass is 32.2. The molecule has 0 spiro atoms. The summed E-state index contributed by atoms with van der Waals surface area (Å²) in [4.78, 5) is 21.7. The first kappa shape index (κ1) is 15.4. The molecule has 10 heteroatoms. The fourth-order valence-corrected chi connectivity index (χ4v) is 1.28. The second-order valence-electron chi connectivity index (χ2n) is 2.87. The number of nitrogens with one attached hydrogen (secondary N) is 3. The van der Waals surface area contributed by atoms with Crippen LogP contribution < -0.4 is 16.2 Å². The molecule has 0 saturated carbocycles. The summed E-state index contributed by atoms with van der Waals surface area (Å²) in [7, 11) is -4.02. The third kappa shape index (κ3) is 10.7. The van der Waals surface area contributed by atoms with Gasteiger partial charge in [0, 0.05) is 6.54 Å². The van der Waals surface area contributed by atoms with Crippen molar-refractivity contribution in [1.29, 1.82) is 0 Å². The van der Waals surface area contributed by atoms with Gasteiger partial charge < -0.3 is 10.1 Å². The predicted octanol–water partition coefficient (Wildman–Crippen LogP) is -0.775. The van der Waals surface area contributed by atoms with E-state index >= 15 is 0 Å². The molecule has 0 aliphatic heterocycles. The van der Waals surface area contributed by atoms with Gasteiger partial charge in [-0.3, -0.25) is 4.55 Å².